The van der Waals surface area contributed by atoms with Gasteiger partial charge in [-0.15, -0.1) is 0 Å². The lowest BCUT2D eigenvalue weighted by Gasteiger charge is -2.07. The molecule has 0 bridgehead atoms. The first-order valence-electron chi connectivity index (χ1n) is 5.65. The van der Waals surface area contributed by atoms with Crippen molar-refractivity contribution < 1.29 is 4.74 Å². The van der Waals surface area contributed by atoms with Crippen LogP contribution in [0.2, 0.25) is 0 Å². The monoisotopic (exact) mass is 265 g/mol. The number of ether oxygens (including phenoxy) is 1. The molecule has 102 valence electrons. The summed E-state index contributed by atoms with van der Waals surface area (Å²) < 4.78 is 6.83. The maximum Gasteiger partial charge on any atom is 0.323 e. The molecule has 0 spiro atoms. The van der Waals surface area contributed by atoms with Gasteiger partial charge in [-0.1, -0.05) is 0 Å². The quantitative estimate of drug-likeness (QED) is 0.458. The number of hydrogen-bond donors (Lipinski definition) is 3. The van der Waals surface area contributed by atoms with E-state index in [1.807, 2.05) is 6.92 Å². The molecule has 0 atom stereocenters. The fraction of sp³-hybridized carbons (Fsp3) is 0.444. The molecule has 0 unspecified atom stereocenters. The Labute approximate surface area is 109 Å². The Kier molecular flexibility index (Phi) is 4.03. The Morgan fingerprint density at radius 3 is 2.74 bits per heavy atom. The predicted octanol–water partition coefficient (Wildman–Crippen LogP) is -0.703. The van der Waals surface area contributed by atoms with Crippen molar-refractivity contribution in [1.82, 2.24) is 29.7 Å². The van der Waals surface area contributed by atoms with Crippen LogP contribution in [0.15, 0.2) is 6.33 Å². The van der Waals surface area contributed by atoms with E-state index in [9.17, 15) is 0 Å². The molecule has 0 aliphatic carbocycles. The van der Waals surface area contributed by atoms with Crippen molar-refractivity contribution in [2.75, 3.05) is 17.3 Å². The summed E-state index contributed by atoms with van der Waals surface area (Å²) in [7, 11) is 1.79. The predicted molar refractivity (Wildman–Crippen MR) is 67.1 cm³/mol. The third kappa shape index (κ3) is 3.48. The minimum absolute atomic E-state index is 0.196. The molecule has 0 amide bonds. The molecule has 0 fully saturated rings. The van der Waals surface area contributed by atoms with Crippen LogP contribution in [0.5, 0.6) is 6.01 Å². The summed E-state index contributed by atoms with van der Waals surface area (Å²) in [4.78, 5) is 16.1. The van der Waals surface area contributed by atoms with Gasteiger partial charge in [0, 0.05) is 7.05 Å². The standard InChI is InChI=1S/C9H15N9O/c1-3-19-9-14-7(13-8(15-9)16-10)11-4-6-12-5-18(2)17-6/h5H,3-4,10H2,1-2H3,(H2,11,13,14,15,16). The average molecular weight is 265 g/mol. The molecule has 0 aliphatic heterocycles. The van der Waals surface area contributed by atoms with Crippen molar-refractivity contribution in [2.24, 2.45) is 12.9 Å². The van der Waals surface area contributed by atoms with E-state index in [0.717, 1.165) is 0 Å². The van der Waals surface area contributed by atoms with Crippen LogP contribution in [0.3, 0.4) is 0 Å². The normalized spacial score (nSPS) is 10.3. The third-order valence-corrected chi connectivity index (χ3v) is 2.07. The SMILES string of the molecule is CCOc1nc(NN)nc(NCc2ncn(C)n2)n1. The van der Waals surface area contributed by atoms with Crippen LogP contribution in [0, 0.1) is 0 Å². The van der Waals surface area contributed by atoms with E-state index in [4.69, 9.17) is 10.6 Å². The lowest BCUT2D eigenvalue weighted by Crippen LogP contribution is -2.14. The van der Waals surface area contributed by atoms with Gasteiger partial charge in [0.1, 0.15) is 6.33 Å². The van der Waals surface area contributed by atoms with Gasteiger partial charge in [-0.05, 0) is 6.92 Å². The molecule has 0 radical (unpaired) electrons. The van der Waals surface area contributed by atoms with E-state index in [1.54, 1.807) is 18.1 Å². The molecule has 0 saturated carbocycles. The molecule has 10 nitrogen and oxygen atoms in total. The Morgan fingerprint density at radius 1 is 1.32 bits per heavy atom. The zero-order valence-corrected chi connectivity index (χ0v) is 10.7. The number of aryl methyl sites for hydroxylation is 1. The van der Waals surface area contributed by atoms with E-state index in [0.29, 0.717) is 24.9 Å². The Bertz CT molecular complexity index is 540. The second-order valence-electron chi connectivity index (χ2n) is 3.53. The summed E-state index contributed by atoms with van der Waals surface area (Å²) in [5.41, 5.74) is 2.35. The number of anilines is 2. The van der Waals surface area contributed by atoms with Gasteiger partial charge in [0.05, 0.1) is 13.2 Å². The van der Waals surface area contributed by atoms with Crippen LogP contribution < -0.4 is 21.3 Å². The van der Waals surface area contributed by atoms with Gasteiger partial charge < -0.3 is 10.1 Å². The molecule has 4 N–H and O–H groups in total. The first kappa shape index (κ1) is 13.0. The van der Waals surface area contributed by atoms with Crippen LogP contribution in [-0.4, -0.2) is 36.3 Å². The minimum Gasteiger partial charge on any atom is -0.464 e. The summed E-state index contributed by atoms with van der Waals surface area (Å²) in [6.45, 7) is 2.68. The molecule has 2 heterocycles. The summed E-state index contributed by atoms with van der Waals surface area (Å²) >= 11 is 0. The van der Waals surface area contributed by atoms with E-state index >= 15 is 0 Å². The van der Waals surface area contributed by atoms with Crippen molar-refractivity contribution in [3.8, 4) is 6.01 Å². The zero-order valence-electron chi connectivity index (χ0n) is 10.7. The van der Waals surface area contributed by atoms with Crippen LogP contribution >= 0.6 is 0 Å². The van der Waals surface area contributed by atoms with Crippen molar-refractivity contribution >= 4 is 11.9 Å². The summed E-state index contributed by atoms with van der Waals surface area (Å²) in [6.07, 6.45) is 1.61. The zero-order chi connectivity index (χ0) is 13.7. The van der Waals surface area contributed by atoms with Gasteiger partial charge in [-0.25, -0.2) is 10.8 Å². The van der Waals surface area contributed by atoms with Crippen LogP contribution in [0.1, 0.15) is 12.7 Å². The third-order valence-electron chi connectivity index (χ3n) is 2.07. The largest absolute Gasteiger partial charge is 0.464 e. The second-order valence-corrected chi connectivity index (χ2v) is 3.53. The summed E-state index contributed by atoms with van der Waals surface area (Å²) in [5.74, 6) is 6.46. The van der Waals surface area contributed by atoms with Crippen molar-refractivity contribution in [1.29, 1.82) is 0 Å². The number of nitrogens with one attached hydrogen (secondary N) is 2. The fourth-order valence-electron chi connectivity index (χ4n) is 1.32. The number of aromatic nitrogens is 6. The highest BCUT2D eigenvalue weighted by molar-refractivity contribution is 5.34. The Morgan fingerprint density at radius 2 is 2.11 bits per heavy atom. The molecule has 2 aromatic rings. The molecule has 10 heteroatoms. The topological polar surface area (TPSA) is 129 Å². The van der Waals surface area contributed by atoms with E-state index < -0.39 is 0 Å². The first-order valence-corrected chi connectivity index (χ1v) is 5.65. The second kappa shape index (κ2) is 5.91. The lowest BCUT2D eigenvalue weighted by molar-refractivity contribution is 0.312. The van der Waals surface area contributed by atoms with Gasteiger partial charge >= 0.3 is 6.01 Å². The molecular weight excluding hydrogens is 250 g/mol. The van der Waals surface area contributed by atoms with Gasteiger partial charge in [-0.2, -0.15) is 20.1 Å². The van der Waals surface area contributed by atoms with Crippen molar-refractivity contribution in [3.63, 3.8) is 0 Å². The number of nitrogen functional groups attached to an aromatic ring is 1. The highest BCUT2D eigenvalue weighted by Gasteiger charge is 2.07. The fourth-order valence-corrected chi connectivity index (χ4v) is 1.32. The molecule has 2 aromatic heterocycles. The van der Waals surface area contributed by atoms with Gasteiger partial charge in [0.15, 0.2) is 5.82 Å². The molecule has 0 aromatic carbocycles. The average Bonchev–Trinajstić information content (AvgIpc) is 2.82. The maximum atomic E-state index is 5.28. The van der Waals surface area contributed by atoms with Gasteiger partial charge in [0.25, 0.3) is 0 Å². The number of nitrogens with two attached hydrogens (primary N) is 1. The Hall–Kier alpha value is -2.49. The summed E-state index contributed by atoms with van der Waals surface area (Å²) in [6, 6.07) is 0.196. The molecular formula is C9H15N9O. The minimum atomic E-state index is 0.196. The molecule has 0 aliphatic rings. The van der Waals surface area contributed by atoms with E-state index in [-0.39, 0.29) is 12.0 Å². The number of rotatable bonds is 6. The van der Waals surface area contributed by atoms with Crippen LogP contribution in [0.25, 0.3) is 0 Å². The number of nitrogens with zero attached hydrogens (tertiary/aromatic N) is 6. The lowest BCUT2D eigenvalue weighted by atomic mass is 10.6. The molecule has 19 heavy (non-hydrogen) atoms. The highest BCUT2D eigenvalue weighted by atomic mass is 16.5. The van der Waals surface area contributed by atoms with Gasteiger partial charge in [0.2, 0.25) is 11.9 Å². The first-order chi connectivity index (χ1) is 9.21. The number of hydrogen-bond acceptors (Lipinski definition) is 9. The van der Waals surface area contributed by atoms with Crippen molar-refractivity contribution in [3.05, 3.63) is 12.2 Å². The van der Waals surface area contributed by atoms with Crippen LogP contribution in [-0.2, 0) is 13.6 Å². The number of hydrazine groups is 1. The van der Waals surface area contributed by atoms with Crippen LogP contribution in [0.4, 0.5) is 11.9 Å². The smallest absolute Gasteiger partial charge is 0.323 e. The molecule has 2 rings (SSSR count). The highest BCUT2D eigenvalue weighted by Crippen LogP contribution is 2.10. The van der Waals surface area contributed by atoms with E-state index in [1.165, 1.54) is 0 Å². The maximum absolute atomic E-state index is 5.28. The van der Waals surface area contributed by atoms with Gasteiger partial charge in [-0.3, -0.25) is 10.1 Å². The summed E-state index contributed by atoms with van der Waals surface area (Å²) in [5, 5.41) is 7.10. The molecule has 0 saturated heterocycles. The van der Waals surface area contributed by atoms with Crippen molar-refractivity contribution in [2.45, 2.75) is 13.5 Å². The van der Waals surface area contributed by atoms with E-state index in [2.05, 4.69) is 35.8 Å². The Balaban J connectivity index is 2.08.